The van der Waals surface area contributed by atoms with Gasteiger partial charge in [-0.05, 0) is 31.5 Å². The highest BCUT2D eigenvalue weighted by Gasteiger charge is 2.43. The number of carbonyl (C=O) groups is 1. The summed E-state index contributed by atoms with van der Waals surface area (Å²) in [7, 11) is 0. The smallest absolute Gasteiger partial charge is 0.249 e. The molecule has 1 aromatic rings. The molecular weight excluding hydrogens is 271 g/mol. The SMILES string of the molecule is CC(C)N1C[C@@H]2OCC(=O)N(Cc3ccc(F)cc3)[C@H]2C1. The molecule has 2 saturated heterocycles. The molecule has 21 heavy (non-hydrogen) atoms. The molecule has 2 fully saturated rings. The first-order valence-corrected chi connectivity index (χ1v) is 7.44. The fourth-order valence-electron chi connectivity index (χ4n) is 3.11. The first-order valence-electron chi connectivity index (χ1n) is 7.44. The van der Waals surface area contributed by atoms with Crippen LogP contribution in [0.3, 0.4) is 0 Å². The van der Waals surface area contributed by atoms with Crippen LogP contribution >= 0.6 is 0 Å². The lowest BCUT2D eigenvalue weighted by atomic mass is 10.1. The maximum absolute atomic E-state index is 13.0. The van der Waals surface area contributed by atoms with E-state index in [1.54, 1.807) is 12.1 Å². The van der Waals surface area contributed by atoms with E-state index in [0.717, 1.165) is 18.7 Å². The van der Waals surface area contributed by atoms with Gasteiger partial charge in [-0.3, -0.25) is 9.69 Å². The summed E-state index contributed by atoms with van der Waals surface area (Å²) in [6.45, 7) is 6.70. The fraction of sp³-hybridized carbons (Fsp3) is 0.562. The zero-order valence-electron chi connectivity index (χ0n) is 12.5. The van der Waals surface area contributed by atoms with E-state index < -0.39 is 0 Å². The van der Waals surface area contributed by atoms with E-state index in [1.165, 1.54) is 12.1 Å². The molecule has 114 valence electrons. The number of nitrogens with zero attached hydrogens (tertiary/aromatic N) is 2. The zero-order chi connectivity index (χ0) is 15.0. The summed E-state index contributed by atoms with van der Waals surface area (Å²) in [5.41, 5.74) is 0.952. The molecule has 0 aliphatic carbocycles. The standard InChI is InChI=1S/C16H21FN2O2/c1-11(2)18-8-14-15(9-18)21-10-16(20)19(14)7-12-3-5-13(17)6-4-12/h3-6,11,14-15H,7-10H2,1-2H3/t14-,15-/m0/s1. The molecule has 1 amide bonds. The van der Waals surface area contributed by atoms with Crippen LogP contribution in [0.1, 0.15) is 19.4 Å². The molecule has 5 heteroatoms. The Balaban J connectivity index is 1.76. The first kappa shape index (κ1) is 14.5. The maximum atomic E-state index is 13.0. The van der Waals surface area contributed by atoms with Crippen molar-refractivity contribution in [3.8, 4) is 0 Å². The van der Waals surface area contributed by atoms with Crippen LogP contribution in [0.5, 0.6) is 0 Å². The Labute approximate surface area is 124 Å². The van der Waals surface area contributed by atoms with E-state index >= 15 is 0 Å². The molecular formula is C16H21FN2O2. The van der Waals surface area contributed by atoms with Gasteiger partial charge in [0.2, 0.25) is 5.91 Å². The molecule has 0 bridgehead atoms. The Morgan fingerprint density at radius 1 is 1.29 bits per heavy atom. The Kier molecular flexibility index (Phi) is 3.95. The molecule has 3 rings (SSSR count). The normalized spacial score (nSPS) is 26.5. The van der Waals surface area contributed by atoms with E-state index in [0.29, 0.717) is 12.6 Å². The van der Waals surface area contributed by atoms with Crippen LogP contribution in [-0.2, 0) is 16.1 Å². The van der Waals surface area contributed by atoms with E-state index in [-0.39, 0.29) is 30.5 Å². The van der Waals surface area contributed by atoms with Gasteiger partial charge in [0.1, 0.15) is 12.4 Å². The molecule has 0 saturated carbocycles. The molecule has 0 radical (unpaired) electrons. The van der Waals surface area contributed by atoms with Crippen molar-refractivity contribution in [2.24, 2.45) is 0 Å². The fourth-order valence-corrected chi connectivity index (χ4v) is 3.11. The number of likely N-dealkylation sites (tertiary alicyclic amines) is 1. The monoisotopic (exact) mass is 292 g/mol. The number of rotatable bonds is 3. The second kappa shape index (κ2) is 5.73. The summed E-state index contributed by atoms with van der Waals surface area (Å²) < 4.78 is 18.7. The number of fused-ring (bicyclic) bond motifs is 1. The van der Waals surface area contributed by atoms with Crippen molar-refractivity contribution < 1.29 is 13.9 Å². The van der Waals surface area contributed by atoms with Gasteiger partial charge in [0.05, 0.1) is 12.1 Å². The third-order valence-corrected chi connectivity index (χ3v) is 4.40. The van der Waals surface area contributed by atoms with E-state index in [4.69, 9.17) is 4.74 Å². The molecule has 0 unspecified atom stereocenters. The maximum Gasteiger partial charge on any atom is 0.249 e. The van der Waals surface area contributed by atoms with Crippen molar-refractivity contribution in [3.63, 3.8) is 0 Å². The molecule has 2 aliphatic heterocycles. The Morgan fingerprint density at radius 3 is 2.67 bits per heavy atom. The van der Waals surface area contributed by atoms with Crippen molar-refractivity contribution >= 4 is 5.91 Å². The predicted octanol–water partition coefficient (Wildman–Crippen LogP) is 1.65. The number of hydrogen-bond acceptors (Lipinski definition) is 3. The highest BCUT2D eigenvalue weighted by molar-refractivity contribution is 5.78. The van der Waals surface area contributed by atoms with Gasteiger partial charge in [-0.15, -0.1) is 0 Å². The Morgan fingerprint density at radius 2 is 2.00 bits per heavy atom. The molecule has 2 atom stereocenters. The van der Waals surface area contributed by atoms with Gasteiger partial charge in [-0.2, -0.15) is 0 Å². The Bertz CT molecular complexity index is 518. The van der Waals surface area contributed by atoms with E-state index in [1.807, 2.05) is 4.90 Å². The third-order valence-electron chi connectivity index (χ3n) is 4.40. The number of carbonyl (C=O) groups excluding carboxylic acids is 1. The van der Waals surface area contributed by atoms with Gasteiger partial charge in [0, 0.05) is 25.7 Å². The van der Waals surface area contributed by atoms with Gasteiger partial charge in [-0.1, -0.05) is 12.1 Å². The summed E-state index contributed by atoms with van der Waals surface area (Å²) in [4.78, 5) is 16.4. The predicted molar refractivity (Wildman–Crippen MR) is 77.2 cm³/mol. The van der Waals surface area contributed by atoms with Gasteiger partial charge >= 0.3 is 0 Å². The second-order valence-corrected chi connectivity index (χ2v) is 6.11. The zero-order valence-corrected chi connectivity index (χ0v) is 12.5. The Hall–Kier alpha value is -1.46. The van der Waals surface area contributed by atoms with Crippen LogP contribution < -0.4 is 0 Å². The summed E-state index contributed by atoms with van der Waals surface area (Å²) in [6.07, 6.45) is 0.0885. The van der Waals surface area contributed by atoms with Crippen molar-refractivity contribution in [3.05, 3.63) is 35.6 Å². The molecule has 0 spiro atoms. The van der Waals surface area contributed by atoms with Gasteiger partial charge in [-0.25, -0.2) is 4.39 Å². The lowest BCUT2D eigenvalue weighted by molar-refractivity contribution is -0.153. The second-order valence-electron chi connectivity index (χ2n) is 6.11. The van der Waals surface area contributed by atoms with Crippen LogP contribution in [0.4, 0.5) is 4.39 Å². The molecule has 0 aromatic heterocycles. The minimum absolute atomic E-state index is 0.0196. The van der Waals surface area contributed by atoms with Crippen LogP contribution in [-0.4, -0.2) is 53.6 Å². The van der Waals surface area contributed by atoms with Crippen LogP contribution in [0, 0.1) is 5.82 Å². The minimum Gasteiger partial charge on any atom is -0.365 e. The number of morpholine rings is 1. The topological polar surface area (TPSA) is 32.8 Å². The third kappa shape index (κ3) is 2.94. The van der Waals surface area contributed by atoms with Crippen LogP contribution in [0.2, 0.25) is 0 Å². The highest BCUT2D eigenvalue weighted by Crippen LogP contribution is 2.26. The van der Waals surface area contributed by atoms with E-state index in [2.05, 4.69) is 18.7 Å². The van der Waals surface area contributed by atoms with Crippen LogP contribution in [0.15, 0.2) is 24.3 Å². The van der Waals surface area contributed by atoms with Crippen molar-refractivity contribution in [1.29, 1.82) is 0 Å². The van der Waals surface area contributed by atoms with Crippen LogP contribution in [0.25, 0.3) is 0 Å². The van der Waals surface area contributed by atoms with Gasteiger partial charge in [0.15, 0.2) is 0 Å². The number of hydrogen-bond donors (Lipinski definition) is 0. The van der Waals surface area contributed by atoms with Crippen molar-refractivity contribution in [2.75, 3.05) is 19.7 Å². The van der Waals surface area contributed by atoms with Gasteiger partial charge in [0.25, 0.3) is 0 Å². The summed E-state index contributed by atoms with van der Waals surface area (Å²) in [6, 6.07) is 6.89. The summed E-state index contributed by atoms with van der Waals surface area (Å²) in [5.74, 6) is -0.233. The molecule has 2 heterocycles. The van der Waals surface area contributed by atoms with Gasteiger partial charge < -0.3 is 9.64 Å². The number of benzene rings is 1. The minimum atomic E-state index is -0.253. The number of halogens is 1. The highest BCUT2D eigenvalue weighted by atomic mass is 19.1. The number of ether oxygens (including phenoxy) is 1. The molecule has 0 N–H and O–H groups in total. The lowest BCUT2D eigenvalue weighted by Gasteiger charge is -2.36. The number of amides is 1. The lowest BCUT2D eigenvalue weighted by Crippen LogP contribution is -2.53. The van der Waals surface area contributed by atoms with E-state index in [9.17, 15) is 9.18 Å². The quantitative estimate of drug-likeness (QED) is 0.849. The average molecular weight is 292 g/mol. The largest absolute Gasteiger partial charge is 0.365 e. The van der Waals surface area contributed by atoms with Crippen molar-refractivity contribution in [1.82, 2.24) is 9.80 Å². The summed E-state index contributed by atoms with van der Waals surface area (Å²) in [5, 5.41) is 0. The summed E-state index contributed by atoms with van der Waals surface area (Å²) >= 11 is 0. The van der Waals surface area contributed by atoms with Crippen molar-refractivity contribution in [2.45, 2.75) is 38.6 Å². The average Bonchev–Trinajstić information content (AvgIpc) is 2.89. The molecule has 1 aromatic carbocycles. The molecule has 4 nitrogen and oxygen atoms in total. The first-order chi connectivity index (χ1) is 10.0. The molecule has 2 aliphatic rings.